The van der Waals surface area contributed by atoms with Gasteiger partial charge in [-0.25, -0.2) is 13.2 Å². The van der Waals surface area contributed by atoms with Crippen LogP contribution in [0.1, 0.15) is 18.4 Å². The Balaban J connectivity index is 1.53. The van der Waals surface area contributed by atoms with E-state index in [9.17, 15) is 23.3 Å². The van der Waals surface area contributed by atoms with Crippen LogP contribution < -0.4 is 10.4 Å². The number of fused-ring (bicyclic) bond motifs is 3. The van der Waals surface area contributed by atoms with Crippen molar-refractivity contribution in [1.29, 1.82) is 0 Å². The van der Waals surface area contributed by atoms with Crippen LogP contribution in [0, 0.1) is 10.1 Å². The van der Waals surface area contributed by atoms with Crippen molar-refractivity contribution < 1.29 is 22.5 Å². The third-order valence-electron chi connectivity index (χ3n) is 5.93. The molecule has 2 heterocycles. The Bertz CT molecular complexity index is 1590. The third kappa shape index (κ3) is 3.91. The highest BCUT2D eigenvalue weighted by atomic mass is 32.2. The van der Waals surface area contributed by atoms with Crippen molar-refractivity contribution in [3.63, 3.8) is 0 Å². The molecule has 0 aliphatic carbocycles. The second-order valence-corrected chi connectivity index (χ2v) is 9.97. The van der Waals surface area contributed by atoms with Gasteiger partial charge >= 0.3 is 11.3 Å². The maximum atomic E-state index is 12.8. The van der Waals surface area contributed by atoms with Crippen LogP contribution in [0.25, 0.3) is 21.7 Å². The van der Waals surface area contributed by atoms with Crippen LogP contribution in [0.15, 0.2) is 74.8 Å². The van der Waals surface area contributed by atoms with Crippen molar-refractivity contribution in [3.05, 3.63) is 86.8 Å². The van der Waals surface area contributed by atoms with Gasteiger partial charge in [0.25, 0.3) is 0 Å². The van der Waals surface area contributed by atoms with Crippen LogP contribution in [0.2, 0.25) is 0 Å². The van der Waals surface area contributed by atoms with Crippen LogP contribution in [-0.4, -0.2) is 30.7 Å². The van der Waals surface area contributed by atoms with E-state index >= 15 is 0 Å². The molecule has 0 atom stereocenters. The van der Waals surface area contributed by atoms with E-state index in [2.05, 4.69) is 0 Å². The predicted molar refractivity (Wildman–Crippen MR) is 125 cm³/mol. The van der Waals surface area contributed by atoms with Crippen molar-refractivity contribution in [3.8, 4) is 5.75 Å². The largest absolute Gasteiger partial charge is 0.482 e. The maximum absolute atomic E-state index is 12.8. The number of rotatable bonds is 6. The van der Waals surface area contributed by atoms with E-state index in [-0.39, 0.29) is 17.3 Å². The first-order chi connectivity index (χ1) is 16.3. The van der Waals surface area contributed by atoms with E-state index in [0.29, 0.717) is 29.6 Å². The van der Waals surface area contributed by atoms with E-state index in [1.807, 2.05) is 30.3 Å². The summed E-state index contributed by atoms with van der Waals surface area (Å²) in [7, 11) is -3.82. The number of nitro groups is 1. The van der Waals surface area contributed by atoms with Gasteiger partial charge in [0.2, 0.25) is 10.0 Å². The average molecular weight is 480 g/mol. The summed E-state index contributed by atoms with van der Waals surface area (Å²) < 4.78 is 38.1. The zero-order valence-electron chi connectivity index (χ0n) is 18.0. The standard InChI is InChI=1S/C24H20N2O7S/c27-23-13-17(24-19-6-2-1-5-16(19)7-9-22(24)33-23)15-32-21-10-8-18(14-20(21)26(28)29)34(30,31)25-11-3-4-12-25/h1-2,5-10,13-14H,3-4,11-12,15H2. The maximum Gasteiger partial charge on any atom is 0.336 e. The summed E-state index contributed by atoms with van der Waals surface area (Å²) in [4.78, 5) is 23.0. The first-order valence-corrected chi connectivity index (χ1v) is 12.1. The molecule has 1 saturated heterocycles. The highest BCUT2D eigenvalue weighted by Crippen LogP contribution is 2.33. The van der Waals surface area contributed by atoms with E-state index in [1.165, 1.54) is 22.5 Å². The molecule has 3 aromatic carbocycles. The van der Waals surface area contributed by atoms with Crippen LogP contribution in [0.5, 0.6) is 5.75 Å². The molecule has 0 bridgehead atoms. The summed E-state index contributed by atoms with van der Waals surface area (Å²) in [5.41, 5.74) is -0.141. The van der Waals surface area contributed by atoms with E-state index in [4.69, 9.17) is 9.15 Å². The molecule has 9 nitrogen and oxygen atoms in total. The van der Waals surface area contributed by atoms with Gasteiger partial charge in [0.15, 0.2) is 5.75 Å². The van der Waals surface area contributed by atoms with Gasteiger partial charge in [0.1, 0.15) is 12.2 Å². The van der Waals surface area contributed by atoms with Gasteiger partial charge in [0.05, 0.1) is 9.82 Å². The Hall–Kier alpha value is -3.76. The fourth-order valence-electron chi connectivity index (χ4n) is 4.29. The zero-order valence-corrected chi connectivity index (χ0v) is 18.8. The van der Waals surface area contributed by atoms with Gasteiger partial charge in [-0.05, 0) is 41.8 Å². The second kappa shape index (κ2) is 8.54. The summed E-state index contributed by atoms with van der Waals surface area (Å²) in [6.07, 6.45) is 1.52. The lowest BCUT2D eigenvalue weighted by Gasteiger charge is -2.16. The summed E-state index contributed by atoms with van der Waals surface area (Å²) in [5, 5.41) is 14.2. The molecule has 0 unspecified atom stereocenters. The molecule has 0 radical (unpaired) electrons. The summed E-state index contributed by atoms with van der Waals surface area (Å²) in [6, 6.07) is 16.0. The van der Waals surface area contributed by atoms with Crippen molar-refractivity contribution in [2.75, 3.05) is 13.1 Å². The van der Waals surface area contributed by atoms with Crippen molar-refractivity contribution in [2.45, 2.75) is 24.3 Å². The van der Waals surface area contributed by atoms with Crippen LogP contribution in [-0.2, 0) is 16.6 Å². The van der Waals surface area contributed by atoms with Crippen LogP contribution in [0.4, 0.5) is 5.69 Å². The van der Waals surface area contributed by atoms with Gasteiger partial charge in [-0.15, -0.1) is 0 Å². The van der Waals surface area contributed by atoms with E-state index < -0.39 is 26.3 Å². The molecule has 34 heavy (non-hydrogen) atoms. The average Bonchev–Trinajstić information content (AvgIpc) is 3.38. The number of ether oxygens (including phenoxy) is 1. The number of sulfonamides is 1. The van der Waals surface area contributed by atoms with Gasteiger partial charge in [-0.3, -0.25) is 10.1 Å². The summed E-state index contributed by atoms with van der Waals surface area (Å²) in [5.74, 6) is -0.0907. The molecule has 5 rings (SSSR count). The van der Waals surface area contributed by atoms with Gasteiger partial charge < -0.3 is 9.15 Å². The molecule has 1 aliphatic heterocycles. The second-order valence-electron chi connectivity index (χ2n) is 8.04. The Morgan fingerprint density at radius 3 is 2.56 bits per heavy atom. The summed E-state index contributed by atoms with van der Waals surface area (Å²) >= 11 is 0. The fraction of sp³-hybridized carbons (Fsp3) is 0.208. The van der Waals surface area contributed by atoms with Crippen LogP contribution >= 0.6 is 0 Å². The zero-order chi connectivity index (χ0) is 23.9. The Labute approximate surface area is 194 Å². The summed E-state index contributed by atoms with van der Waals surface area (Å²) in [6.45, 7) is 0.646. The van der Waals surface area contributed by atoms with Gasteiger partial charge in [-0.1, -0.05) is 30.3 Å². The van der Waals surface area contributed by atoms with E-state index in [1.54, 1.807) is 6.07 Å². The molecular formula is C24H20N2O7S. The monoisotopic (exact) mass is 480 g/mol. The van der Waals surface area contributed by atoms with Gasteiger partial charge in [-0.2, -0.15) is 4.31 Å². The topological polar surface area (TPSA) is 120 Å². The quantitative estimate of drug-likeness (QED) is 0.175. The number of nitrogens with zero attached hydrogens (tertiary/aromatic N) is 2. The smallest absolute Gasteiger partial charge is 0.336 e. The predicted octanol–water partition coefficient (Wildman–Crippen LogP) is 4.22. The molecule has 1 aliphatic rings. The molecular weight excluding hydrogens is 460 g/mol. The molecule has 0 amide bonds. The molecule has 1 fully saturated rings. The SMILES string of the molecule is O=c1cc(COc2ccc(S(=O)(=O)N3CCCC3)cc2[N+](=O)[O-])c2c(ccc3ccccc32)o1. The molecule has 0 spiro atoms. The molecule has 174 valence electrons. The number of nitro benzene ring substituents is 1. The third-order valence-corrected chi connectivity index (χ3v) is 7.82. The minimum atomic E-state index is -3.82. The number of hydrogen-bond acceptors (Lipinski definition) is 7. The molecule has 10 heteroatoms. The van der Waals surface area contributed by atoms with Crippen molar-refractivity contribution in [2.24, 2.45) is 0 Å². The minimum absolute atomic E-state index is 0.0907. The molecule has 1 aromatic heterocycles. The van der Waals surface area contributed by atoms with Crippen molar-refractivity contribution >= 4 is 37.5 Å². The number of benzene rings is 3. The fourth-order valence-corrected chi connectivity index (χ4v) is 5.83. The first kappa shape index (κ1) is 22.1. The minimum Gasteiger partial charge on any atom is -0.482 e. The van der Waals surface area contributed by atoms with Gasteiger partial charge in [0, 0.05) is 36.2 Å². The lowest BCUT2D eigenvalue weighted by molar-refractivity contribution is -0.386. The van der Waals surface area contributed by atoms with Crippen molar-refractivity contribution in [1.82, 2.24) is 4.31 Å². The Morgan fingerprint density at radius 2 is 1.79 bits per heavy atom. The molecule has 0 saturated carbocycles. The van der Waals surface area contributed by atoms with E-state index in [0.717, 1.165) is 29.7 Å². The molecule has 0 N–H and O–H groups in total. The molecule has 4 aromatic rings. The van der Waals surface area contributed by atoms with Crippen LogP contribution in [0.3, 0.4) is 0 Å². The highest BCUT2D eigenvalue weighted by Gasteiger charge is 2.30. The lowest BCUT2D eigenvalue weighted by atomic mass is 10.0. The Kier molecular flexibility index (Phi) is 5.54. The first-order valence-electron chi connectivity index (χ1n) is 10.7. The Morgan fingerprint density at radius 1 is 1.03 bits per heavy atom. The normalized spacial score (nSPS) is 14.6. The highest BCUT2D eigenvalue weighted by molar-refractivity contribution is 7.89. The number of hydrogen-bond donors (Lipinski definition) is 0. The lowest BCUT2D eigenvalue weighted by Crippen LogP contribution is -2.27.